The van der Waals surface area contributed by atoms with Crippen LogP contribution in [0.2, 0.25) is 0 Å². The molecular formula is C15H23N3O3. The Morgan fingerprint density at radius 1 is 1.38 bits per heavy atom. The number of ether oxygens (including phenoxy) is 1. The summed E-state index contributed by atoms with van der Waals surface area (Å²) in [5, 5.41) is 14.4. The number of nitro benzene ring substituents is 1. The molecule has 0 bridgehead atoms. The van der Waals surface area contributed by atoms with Crippen molar-refractivity contribution in [2.24, 2.45) is 0 Å². The van der Waals surface area contributed by atoms with Gasteiger partial charge in [-0.05, 0) is 18.4 Å². The molecule has 6 nitrogen and oxygen atoms in total. The smallest absolute Gasteiger partial charge is 0.292 e. The van der Waals surface area contributed by atoms with Crippen LogP contribution in [0.15, 0.2) is 18.2 Å². The summed E-state index contributed by atoms with van der Waals surface area (Å²) in [6, 6.07) is 5.29. The average molecular weight is 293 g/mol. The predicted octanol–water partition coefficient (Wildman–Crippen LogP) is 2.64. The normalized spacial score (nSPS) is 16.4. The molecule has 1 aromatic rings. The Morgan fingerprint density at radius 2 is 2.24 bits per heavy atom. The zero-order valence-electron chi connectivity index (χ0n) is 12.5. The summed E-state index contributed by atoms with van der Waals surface area (Å²) in [6.45, 7) is 6.87. The maximum Gasteiger partial charge on any atom is 0.292 e. The maximum atomic E-state index is 11.2. The molecule has 0 aliphatic carbocycles. The quantitative estimate of drug-likeness (QED) is 0.645. The van der Waals surface area contributed by atoms with Gasteiger partial charge in [-0.15, -0.1) is 0 Å². The molecule has 6 heteroatoms. The zero-order valence-corrected chi connectivity index (χ0v) is 12.5. The lowest BCUT2D eigenvalue weighted by Crippen LogP contribution is -2.26. The highest BCUT2D eigenvalue weighted by Gasteiger charge is 2.19. The number of para-hydroxylation sites is 1. The third-order valence-corrected chi connectivity index (χ3v) is 3.59. The number of hydrogen-bond acceptors (Lipinski definition) is 5. The maximum absolute atomic E-state index is 11.2. The van der Waals surface area contributed by atoms with Gasteiger partial charge < -0.3 is 10.1 Å². The summed E-state index contributed by atoms with van der Waals surface area (Å²) in [5.41, 5.74) is 1.81. The Kier molecular flexibility index (Phi) is 5.95. The van der Waals surface area contributed by atoms with Gasteiger partial charge in [0.1, 0.15) is 5.69 Å². The fourth-order valence-electron chi connectivity index (χ4n) is 2.52. The molecule has 1 saturated heterocycles. The summed E-state index contributed by atoms with van der Waals surface area (Å²) in [5.74, 6) is 0. The van der Waals surface area contributed by atoms with E-state index in [0.717, 1.165) is 57.8 Å². The van der Waals surface area contributed by atoms with E-state index in [2.05, 4.69) is 10.2 Å². The van der Waals surface area contributed by atoms with Crippen LogP contribution in [0.5, 0.6) is 0 Å². The molecule has 0 atom stereocenters. The highest BCUT2D eigenvalue weighted by molar-refractivity contribution is 5.66. The SMILES string of the molecule is CCCNc1c(CN2CCCOCC2)cccc1[N+](=O)[O-]. The lowest BCUT2D eigenvalue weighted by molar-refractivity contribution is -0.384. The van der Waals surface area contributed by atoms with Gasteiger partial charge in [-0.25, -0.2) is 0 Å². The monoisotopic (exact) mass is 293 g/mol. The minimum absolute atomic E-state index is 0.159. The second-order valence-corrected chi connectivity index (χ2v) is 5.24. The molecule has 1 aliphatic rings. The third-order valence-electron chi connectivity index (χ3n) is 3.59. The van der Waals surface area contributed by atoms with Crippen molar-refractivity contribution < 1.29 is 9.66 Å². The van der Waals surface area contributed by atoms with Gasteiger partial charge in [-0.2, -0.15) is 0 Å². The van der Waals surface area contributed by atoms with Gasteiger partial charge in [0.15, 0.2) is 0 Å². The molecule has 21 heavy (non-hydrogen) atoms. The van der Waals surface area contributed by atoms with Gasteiger partial charge in [0.25, 0.3) is 5.69 Å². The van der Waals surface area contributed by atoms with Crippen LogP contribution < -0.4 is 5.32 Å². The van der Waals surface area contributed by atoms with Crippen molar-refractivity contribution in [1.29, 1.82) is 0 Å². The molecule has 0 aromatic heterocycles. The Hall–Kier alpha value is -1.66. The van der Waals surface area contributed by atoms with E-state index < -0.39 is 0 Å². The molecule has 0 amide bonds. The van der Waals surface area contributed by atoms with E-state index in [1.54, 1.807) is 12.1 Å². The van der Waals surface area contributed by atoms with Gasteiger partial charge in [-0.1, -0.05) is 19.1 Å². The van der Waals surface area contributed by atoms with E-state index in [1.165, 1.54) is 0 Å². The first kappa shape index (κ1) is 15.7. The van der Waals surface area contributed by atoms with Gasteiger partial charge in [0, 0.05) is 38.9 Å². The predicted molar refractivity (Wildman–Crippen MR) is 82.6 cm³/mol. The Morgan fingerprint density at radius 3 is 3.00 bits per heavy atom. The first-order chi connectivity index (χ1) is 10.2. The molecule has 0 saturated carbocycles. The molecule has 0 spiro atoms. The Bertz CT molecular complexity index is 471. The first-order valence-electron chi connectivity index (χ1n) is 7.52. The third kappa shape index (κ3) is 4.41. The van der Waals surface area contributed by atoms with Crippen LogP contribution >= 0.6 is 0 Å². The highest BCUT2D eigenvalue weighted by atomic mass is 16.6. The topological polar surface area (TPSA) is 67.6 Å². The minimum Gasteiger partial charge on any atom is -0.380 e. The fourth-order valence-corrected chi connectivity index (χ4v) is 2.52. The van der Waals surface area contributed by atoms with Crippen LogP contribution in [-0.2, 0) is 11.3 Å². The van der Waals surface area contributed by atoms with E-state index in [1.807, 2.05) is 13.0 Å². The molecule has 0 radical (unpaired) electrons. The second kappa shape index (κ2) is 7.95. The lowest BCUT2D eigenvalue weighted by atomic mass is 10.1. The van der Waals surface area contributed by atoms with Gasteiger partial charge in [0.05, 0.1) is 11.5 Å². The van der Waals surface area contributed by atoms with E-state index in [4.69, 9.17) is 4.74 Å². The number of rotatable bonds is 6. The Balaban J connectivity index is 2.19. The summed E-state index contributed by atoms with van der Waals surface area (Å²) in [6.07, 6.45) is 1.94. The van der Waals surface area contributed by atoms with Crippen LogP contribution in [0.25, 0.3) is 0 Å². The molecule has 1 heterocycles. The van der Waals surface area contributed by atoms with Crippen molar-refractivity contribution in [3.63, 3.8) is 0 Å². The lowest BCUT2D eigenvalue weighted by Gasteiger charge is -2.21. The minimum atomic E-state index is -0.312. The van der Waals surface area contributed by atoms with Crippen molar-refractivity contribution in [3.8, 4) is 0 Å². The van der Waals surface area contributed by atoms with E-state index in [0.29, 0.717) is 5.69 Å². The fraction of sp³-hybridized carbons (Fsp3) is 0.600. The summed E-state index contributed by atoms with van der Waals surface area (Å²) in [4.78, 5) is 13.2. The summed E-state index contributed by atoms with van der Waals surface area (Å²) < 4.78 is 5.45. The zero-order chi connectivity index (χ0) is 15.1. The molecule has 0 unspecified atom stereocenters. The average Bonchev–Trinajstić information content (AvgIpc) is 2.74. The molecule has 2 rings (SSSR count). The van der Waals surface area contributed by atoms with E-state index in [-0.39, 0.29) is 10.6 Å². The van der Waals surface area contributed by atoms with Crippen molar-refractivity contribution >= 4 is 11.4 Å². The van der Waals surface area contributed by atoms with E-state index >= 15 is 0 Å². The molecule has 1 fully saturated rings. The van der Waals surface area contributed by atoms with Crippen LogP contribution in [-0.4, -0.2) is 42.7 Å². The van der Waals surface area contributed by atoms with E-state index in [9.17, 15) is 10.1 Å². The summed E-state index contributed by atoms with van der Waals surface area (Å²) >= 11 is 0. The molecular weight excluding hydrogens is 270 g/mol. The van der Waals surface area contributed by atoms with Crippen LogP contribution in [0, 0.1) is 10.1 Å². The summed E-state index contributed by atoms with van der Waals surface area (Å²) in [7, 11) is 0. The van der Waals surface area contributed by atoms with Gasteiger partial charge in [0.2, 0.25) is 0 Å². The first-order valence-corrected chi connectivity index (χ1v) is 7.52. The number of benzene rings is 1. The Labute approximate surface area is 125 Å². The standard InChI is InChI=1S/C15H23N3O3/c1-2-7-16-15-13(5-3-6-14(15)18(19)20)12-17-8-4-10-21-11-9-17/h3,5-6,16H,2,4,7-12H2,1H3. The molecule has 1 aromatic carbocycles. The molecule has 1 aliphatic heterocycles. The van der Waals surface area contributed by atoms with Crippen LogP contribution in [0.1, 0.15) is 25.3 Å². The van der Waals surface area contributed by atoms with Crippen molar-refractivity contribution in [2.75, 3.05) is 38.2 Å². The van der Waals surface area contributed by atoms with Crippen molar-refractivity contribution in [1.82, 2.24) is 4.90 Å². The van der Waals surface area contributed by atoms with Gasteiger partial charge in [-0.3, -0.25) is 15.0 Å². The number of hydrogen-bond donors (Lipinski definition) is 1. The number of nitro groups is 1. The highest BCUT2D eigenvalue weighted by Crippen LogP contribution is 2.29. The molecule has 116 valence electrons. The number of anilines is 1. The van der Waals surface area contributed by atoms with Gasteiger partial charge >= 0.3 is 0 Å². The van der Waals surface area contributed by atoms with Crippen molar-refractivity contribution in [3.05, 3.63) is 33.9 Å². The molecule has 1 N–H and O–H groups in total. The number of nitrogens with zero attached hydrogens (tertiary/aromatic N) is 2. The van der Waals surface area contributed by atoms with Crippen molar-refractivity contribution in [2.45, 2.75) is 26.3 Å². The second-order valence-electron chi connectivity index (χ2n) is 5.24. The largest absolute Gasteiger partial charge is 0.380 e. The number of nitrogens with one attached hydrogen (secondary N) is 1. The van der Waals surface area contributed by atoms with Crippen LogP contribution in [0.3, 0.4) is 0 Å². The van der Waals surface area contributed by atoms with Crippen LogP contribution in [0.4, 0.5) is 11.4 Å².